The molecule has 1 aliphatic carbocycles. The second-order valence-corrected chi connectivity index (χ2v) is 9.49. The number of rotatable bonds is 5. The molecule has 0 bridgehead atoms. The molecule has 2 aromatic rings. The van der Waals surface area contributed by atoms with Crippen molar-refractivity contribution >= 4 is 27.3 Å². The monoisotopic (exact) mass is 414 g/mol. The summed E-state index contributed by atoms with van der Waals surface area (Å²) in [4.78, 5) is 27.1. The summed E-state index contributed by atoms with van der Waals surface area (Å²) in [6, 6.07) is 13.0. The maximum Gasteiger partial charge on any atom is 0.256 e. The van der Waals surface area contributed by atoms with E-state index in [1.165, 1.54) is 18.6 Å². The van der Waals surface area contributed by atoms with Gasteiger partial charge in [-0.1, -0.05) is 31.4 Å². The number of amides is 2. The van der Waals surface area contributed by atoms with E-state index in [4.69, 9.17) is 0 Å². The Hall–Kier alpha value is -2.67. The lowest BCUT2D eigenvalue weighted by Gasteiger charge is -2.31. The summed E-state index contributed by atoms with van der Waals surface area (Å²) in [6.07, 6.45) is 6.69. The second-order valence-electron chi connectivity index (χ2n) is 7.51. The largest absolute Gasteiger partial charge is 0.339 e. The smallest absolute Gasteiger partial charge is 0.256 e. The van der Waals surface area contributed by atoms with E-state index in [0.717, 1.165) is 31.9 Å². The van der Waals surface area contributed by atoms with Gasteiger partial charge in [-0.05, 0) is 49.2 Å². The minimum absolute atomic E-state index is 0.0154. The van der Waals surface area contributed by atoms with Crippen LogP contribution in [0.3, 0.4) is 0 Å². The summed E-state index contributed by atoms with van der Waals surface area (Å²) in [5, 5.41) is 2.70. The van der Waals surface area contributed by atoms with Crippen molar-refractivity contribution < 1.29 is 18.0 Å². The third kappa shape index (κ3) is 5.03. The van der Waals surface area contributed by atoms with Crippen molar-refractivity contribution in [1.82, 2.24) is 4.90 Å². The molecular weight excluding hydrogens is 388 g/mol. The second kappa shape index (κ2) is 8.78. The molecule has 0 radical (unpaired) electrons. The molecule has 0 heterocycles. The number of sulfone groups is 1. The molecule has 0 aliphatic heterocycles. The molecule has 29 heavy (non-hydrogen) atoms. The zero-order valence-corrected chi connectivity index (χ0v) is 17.5. The minimum atomic E-state index is -3.52. The Labute approximate surface area is 171 Å². The SMILES string of the molecule is CN(C(=O)c1ccc(NC(=O)c2ccccc2S(C)(=O)=O)cc1)C1CCCCC1. The van der Waals surface area contributed by atoms with Gasteiger partial charge in [-0.2, -0.15) is 0 Å². The number of nitrogens with one attached hydrogen (secondary N) is 1. The predicted molar refractivity (Wildman–Crippen MR) is 113 cm³/mol. The van der Waals surface area contributed by atoms with Crippen LogP contribution in [0.1, 0.15) is 52.8 Å². The van der Waals surface area contributed by atoms with Gasteiger partial charge in [0, 0.05) is 30.6 Å². The molecule has 1 aliphatic rings. The first kappa shape index (κ1) is 21.0. The van der Waals surface area contributed by atoms with Crippen molar-refractivity contribution in [2.45, 2.75) is 43.0 Å². The first-order valence-corrected chi connectivity index (χ1v) is 11.6. The molecule has 1 fully saturated rings. The highest BCUT2D eigenvalue weighted by molar-refractivity contribution is 7.90. The number of carbonyl (C=O) groups is 2. The molecule has 0 unspecified atom stereocenters. The average Bonchev–Trinajstić information content (AvgIpc) is 2.73. The fourth-order valence-electron chi connectivity index (χ4n) is 3.71. The van der Waals surface area contributed by atoms with E-state index in [0.29, 0.717) is 11.3 Å². The zero-order chi connectivity index (χ0) is 21.0. The molecule has 154 valence electrons. The van der Waals surface area contributed by atoms with Crippen molar-refractivity contribution in [3.05, 3.63) is 59.7 Å². The molecule has 0 spiro atoms. The molecular formula is C22H26N2O4S. The van der Waals surface area contributed by atoms with Crippen LogP contribution in [-0.4, -0.2) is 44.5 Å². The summed E-state index contributed by atoms with van der Waals surface area (Å²) < 4.78 is 23.8. The number of hydrogen-bond donors (Lipinski definition) is 1. The van der Waals surface area contributed by atoms with Gasteiger partial charge in [-0.3, -0.25) is 9.59 Å². The molecule has 0 aromatic heterocycles. The van der Waals surface area contributed by atoms with Crippen LogP contribution in [0.15, 0.2) is 53.4 Å². The zero-order valence-electron chi connectivity index (χ0n) is 16.7. The van der Waals surface area contributed by atoms with E-state index in [1.54, 1.807) is 36.4 Å². The van der Waals surface area contributed by atoms with E-state index in [1.807, 2.05) is 11.9 Å². The van der Waals surface area contributed by atoms with Gasteiger partial charge < -0.3 is 10.2 Å². The standard InChI is InChI=1S/C22H26N2O4S/c1-24(18-8-4-3-5-9-18)22(26)16-12-14-17(15-13-16)23-21(25)19-10-6-7-11-20(19)29(2,27)28/h6-7,10-15,18H,3-5,8-9H2,1-2H3,(H,23,25). The van der Waals surface area contributed by atoms with Gasteiger partial charge in [-0.15, -0.1) is 0 Å². The summed E-state index contributed by atoms with van der Waals surface area (Å²) in [5.74, 6) is -0.540. The van der Waals surface area contributed by atoms with E-state index in [2.05, 4.69) is 5.32 Å². The highest BCUT2D eigenvalue weighted by atomic mass is 32.2. The van der Waals surface area contributed by atoms with Gasteiger partial charge in [-0.25, -0.2) is 8.42 Å². The summed E-state index contributed by atoms with van der Waals surface area (Å²) >= 11 is 0. The fourth-order valence-corrected chi connectivity index (χ4v) is 4.60. The third-order valence-electron chi connectivity index (χ3n) is 5.36. The molecule has 1 N–H and O–H groups in total. The first-order valence-electron chi connectivity index (χ1n) is 9.75. The van der Waals surface area contributed by atoms with Crippen LogP contribution in [0, 0.1) is 0 Å². The van der Waals surface area contributed by atoms with Gasteiger partial charge in [0.2, 0.25) is 0 Å². The van der Waals surface area contributed by atoms with Gasteiger partial charge in [0.25, 0.3) is 11.8 Å². The van der Waals surface area contributed by atoms with Crippen molar-refractivity contribution in [3.8, 4) is 0 Å². The quantitative estimate of drug-likeness (QED) is 0.808. The van der Waals surface area contributed by atoms with Gasteiger partial charge >= 0.3 is 0 Å². The van der Waals surface area contributed by atoms with Gasteiger partial charge in [0.05, 0.1) is 10.5 Å². The number of carbonyl (C=O) groups excluding carboxylic acids is 2. The Bertz CT molecular complexity index is 994. The summed E-state index contributed by atoms with van der Waals surface area (Å²) in [5.41, 5.74) is 1.15. The lowest BCUT2D eigenvalue weighted by atomic mass is 9.94. The van der Waals surface area contributed by atoms with Crippen LogP contribution in [0.5, 0.6) is 0 Å². The topological polar surface area (TPSA) is 83.6 Å². The highest BCUT2D eigenvalue weighted by Gasteiger charge is 2.23. The van der Waals surface area contributed by atoms with E-state index >= 15 is 0 Å². The van der Waals surface area contributed by atoms with Crippen LogP contribution in [0.2, 0.25) is 0 Å². The van der Waals surface area contributed by atoms with Crippen LogP contribution < -0.4 is 5.32 Å². The Morgan fingerprint density at radius 2 is 1.59 bits per heavy atom. The molecule has 2 aromatic carbocycles. The molecule has 7 heteroatoms. The van der Waals surface area contributed by atoms with Crippen molar-refractivity contribution in [2.75, 3.05) is 18.6 Å². The summed E-state index contributed by atoms with van der Waals surface area (Å²) in [6.45, 7) is 0. The molecule has 3 rings (SSSR count). The minimum Gasteiger partial charge on any atom is -0.339 e. The Kier molecular flexibility index (Phi) is 6.37. The van der Waals surface area contributed by atoms with Gasteiger partial charge in [0.1, 0.15) is 0 Å². The molecule has 0 saturated heterocycles. The molecule has 1 saturated carbocycles. The van der Waals surface area contributed by atoms with Crippen LogP contribution in [0.4, 0.5) is 5.69 Å². The van der Waals surface area contributed by atoms with Crippen molar-refractivity contribution in [3.63, 3.8) is 0 Å². The van der Waals surface area contributed by atoms with Crippen LogP contribution in [-0.2, 0) is 9.84 Å². The Balaban J connectivity index is 1.71. The number of benzene rings is 2. The fraction of sp³-hybridized carbons (Fsp3) is 0.364. The van der Waals surface area contributed by atoms with E-state index in [-0.39, 0.29) is 22.4 Å². The number of hydrogen-bond acceptors (Lipinski definition) is 4. The maximum absolute atomic E-state index is 12.7. The molecule has 2 amide bonds. The number of anilines is 1. The first-order chi connectivity index (χ1) is 13.8. The lowest BCUT2D eigenvalue weighted by molar-refractivity contribution is 0.0696. The van der Waals surface area contributed by atoms with Crippen LogP contribution >= 0.6 is 0 Å². The van der Waals surface area contributed by atoms with Crippen LogP contribution in [0.25, 0.3) is 0 Å². The number of nitrogens with zero attached hydrogens (tertiary/aromatic N) is 1. The van der Waals surface area contributed by atoms with Crippen molar-refractivity contribution in [2.24, 2.45) is 0 Å². The van der Waals surface area contributed by atoms with Crippen molar-refractivity contribution in [1.29, 1.82) is 0 Å². The molecule has 6 nitrogen and oxygen atoms in total. The summed E-state index contributed by atoms with van der Waals surface area (Å²) in [7, 11) is -1.68. The highest BCUT2D eigenvalue weighted by Crippen LogP contribution is 2.23. The Morgan fingerprint density at radius 1 is 0.966 bits per heavy atom. The third-order valence-corrected chi connectivity index (χ3v) is 6.52. The lowest BCUT2D eigenvalue weighted by Crippen LogP contribution is -2.38. The van der Waals surface area contributed by atoms with E-state index in [9.17, 15) is 18.0 Å². The molecule has 0 atom stereocenters. The maximum atomic E-state index is 12.7. The normalized spacial score (nSPS) is 15.0. The predicted octanol–water partition coefficient (Wildman–Crippen LogP) is 3.75. The van der Waals surface area contributed by atoms with Gasteiger partial charge in [0.15, 0.2) is 9.84 Å². The Morgan fingerprint density at radius 3 is 2.21 bits per heavy atom. The average molecular weight is 415 g/mol. The van der Waals surface area contributed by atoms with E-state index < -0.39 is 15.7 Å².